The second kappa shape index (κ2) is 8.10. The van der Waals surface area contributed by atoms with Gasteiger partial charge in [0.1, 0.15) is 10.8 Å². The van der Waals surface area contributed by atoms with Gasteiger partial charge in [0.25, 0.3) is 0 Å². The van der Waals surface area contributed by atoms with Gasteiger partial charge in [0.2, 0.25) is 0 Å². The van der Waals surface area contributed by atoms with E-state index < -0.39 is 0 Å². The number of benzene rings is 1. The second-order valence-corrected chi connectivity index (χ2v) is 7.42. The third-order valence-electron chi connectivity index (χ3n) is 4.91. The van der Waals surface area contributed by atoms with Gasteiger partial charge >= 0.3 is 5.97 Å². The fourth-order valence-electron chi connectivity index (χ4n) is 3.49. The lowest BCUT2D eigenvalue weighted by Crippen LogP contribution is -2.36. The predicted molar refractivity (Wildman–Crippen MR) is 109 cm³/mol. The van der Waals surface area contributed by atoms with E-state index in [1.807, 2.05) is 5.38 Å². The number of amidine groups is 1. The molecule has 0 amide bonds. The molecule has 1 aromatic carbocycles. The summed E-state index contributed by atoms with van der Waals surface area (Å²) in [5.74, 6) is 0.664. The summed E-state index contributed by atoms with van der Waals surface area (Å²) >= 11 is 1.47. The van der Waals surface area contributed by atoms with Gasteiger partial charge in [0.15, 0.2) is 0 Å². The summed E-state index contributed by atoms with van der Waals surface area (Å²) in [6.07, 6.45) is 1.96. The summed E-state index contributed by atoms with van der Waals surface area (Å²) in [6.45, 7) is 4.38. The Labute approximate surface area is 163 Å². The number of hydrogen-bond donors (Lipinski definition) is 0. The van der Waals surface area contributed by atoms with Crippen molar-refractivity contribution < 1.29 is 14.3 Å². The van der Waals surface area contributed by atoms with E-state index in [1.54, 1.807) is 6.07 Å². The van der Waals surface area contributed by atoms with Gasteiger partial charge in [-0.05, 0) is 42.1 Å². The highest BCUT2D eigenvalue weighted by Crippen LogP contribution is 2.31. The molecule has 2 aliphatic heterocycles. The monoisotopic (exact) mass is 385 g/mol. The molecule has 0 spiro atoms. The van der Waals surface area contributed by atoms with Crippen LogP contribution >= 0.6 is 11.3 Å². The van der Waals surface area contributed by atoms with Gasteiger partial charge in [0, 0.05) is 37.4 Å². The van der Waals surface area contributed by atoms with E-state index in [9.17, 15) is 4.79 Å². The lowest BCUT2D eigenvalue weighted by Gasteiger charge is -2.29. The number of rotatable bonds is 4. The lowest BCUT2D eigenvalue weighted by atomic mass is 10.2. The largest absolute Gasteiger partial charge is 0.465 e. The number of ether oxygens (including phenoxy) is 2. The molecule has 6 nitrogen and oxygen atoms in total. The highest BCUT2D eigenvalue weighted by atomic mass is 32.1. The van der Waals surface area contributed by atoms with E-state index >= 15 is 0 Å². The van der Waals surface area contributed by atoms with E-state index in [0.29, 0.717) is 10.6 Å². The molecular formula is C20H23N3O3S. The second-order valence-electron chi connectivity index (χ2n) is 6.53. The maximum atomic E-state index is 11.9. The number of thiophene rings is 1. The number of esters is 1. The van der Waals surface area contributed by atoms with Crippen LogP contribution in [-0.2, 0) is 9.47 Å². The van der Waals surface area contributed by atoms with Crippen LogP contribution in [0.4, 0.5) is 16.4 Å². The lowest BCUT2D eigenvalue weighted by molar-refractivity contribution is 0.0602. The molecule has 0 unspecified atom stereocenters. The van der Waals surface area contributed by atoms with Crippen molar-refractivity contribution in [2.45, 2.75) is 12.8 Å². The molecule has 0 aliphatic carbocycles. The molecule has 0 N–H and O–H groups in total. The SMILES string of the molecule is COC(=O)c1ccsc1/N=C1\CCCN1c1ccc(N2CCOCC2)cc1. The van der Waals surface area contributed by atoms with Gasteiger partial charge in [-0.3, -0.25) is 0 Å². The Hall–Kier alpha value is -2.38. The van der Waals surface area contributed by atoms with Crippen LogP contribution < -0.4 is 9.80 Å². The van der Waals surface area contributed by atoms with Crippen molar-refractivity contribution in [2.75, 3.05) is 49.8 Å². The topological polar surface area (TPSA) is 54.4 Å². The van der Waals surface area contributed by atoms with Gasteiger partial charge in [-0.1, -0.05) is 0 Å². The standard InChI is InChI=1S/C20H23N3O3S/c1-25-20(24)17-8-14-27-19(17)21-18-3-2-9-23(18)16-6-4-15(5-7-16)22-10-12-26-13-11-22/h4-8,14H,2-3,9-13H2,1H3/b21-18+. The zero-order valence-corrected chi connectivity index (χ0v) is 16.2. The zero-order valence-electron chi connectivity index (χ0n) is 15.4. The van der Waals surface area contributed by atoms with Gasteiger partial charge in [-0.15, -0.1) is 11.3 Å². The first-order valence-electron chi connectivity index (χ1n) is 9.20. The first-order chi connectivity index (χ1) is 13.3. The molecule has 27 heavy (non-hydrogen) atoms. The fourth-order valence-corrected chi connectivity index (χ4v) is 4.26. The smallest absolute Gasteiger partial charge is 0.340 e. The summed E-state index contributed by atoms with van der Waals surface area (Å²) in [5.41, 5.74) is 2.90. The Morgan fingerprint density at radius 1 is 1.11 bits per heavy atom. The summed E-state index contributed by atoms with van der Waals surface area (Å²) in [5, 5.41) is 2.59. The molecule has 0 radical (unpaired) electrons. The quantitative estimate of drug-likeness (QED) is 0.751. The number of anilines is 2. The molecule has 0 atom stereocenters. The maximum Gasteiger partial charge on any atom is 0.340 e. The number of nitrogens with zero attached hydrogens (tertiary/aromatic N) is 3. The van der Waals surface area contributed by atoms with Gasteiger partial charge in [-0.2, -0.15) is 0 Å². The average Bonchev–Trinajstić information content (AvgIpc) is 3.38. The highest BCUT2D eigenvalue weighted by Gasteiger charge is 2.22. The van der Waals surface area contributed by atoms with Crippen molar-refractivity contribution in [3.63, 3.8) is 0 Å². The molecule has 3 heterocycles. The number of carbonyl (C=O) groups excluding carboxylic acids is 1. The van der Waals surface area contributed by atoms with Crippen LogP contribution in [0.5, 0.6) is 0 Å². The van der Waals surface area contributed by atoms with Crippen LogP contribution in [0.15, 0.2) is 40.7 Å². The highest BCUT2D eigenvalue weighted by molar-refractivity contribution is 7.14. The van der Waals surface area contributed by atoms with Crippen molar-refractivity contribution >= 4 is 39.5 Å². The molecule has 1 aromatic heterocycles. The third kappa shape index (κ3) is 3.84. The van der Waals surface area contributed by atoms with Crippen molar-refractivity contribution in [1.29, 1.82) is 0 Å². The fraction of sp³-hybridized carbons (Fsp3) is 0.400. The number of carbonyl (C=O) groups is 1. The average molecular weight is 385 g/mol. The van der Waals surface area contributed by atoms with Crippen LogP contribution in [-0.4, -0.2) is 51.8 Å². The van der Waals surface area contributed by atoms with Gasteiger partial charge in [-0.25, -0.2) is 9.79 Å². The predicted octanol–water partition coefficient (Wildman–Crippen LogP) is 3.70. The minimum atomic E-state index is -0.338. The maximum absolute atomic E-state index is 11.9. The molecule has 142 valence electrons. The first-order valence-corrected chi connectivity index (χ1v) is 10.1. The van der Waals surface area contributed by atoms with E-state index in [1.165, 1.54) is 24.1 Å². The molecule has 2 saturated heterocycles. The van der Waals surface area contributed by atoms with Gasteiger partial charge in [0.05, 0.1) is 25.9 Å². The zero-order chi connectivity index (χ0) is 18.6. The van der Waals surface area contributed by atoms with Crippen LogP contribution in [0.3, 0.4) is 0 Å². The first kappa shape index (κ1) is 18.0. The summed E-state index contributed by atoms with van der Waals surface area (Å²) in [4.78, 5) is 21.3. The van der Waals surface area contributed by atoms with E-state index in [-0.39, 0.29) is 5.97 Å². The van der Waals surface area contributed by atoms with Crippen molar-refractivity contribution in [1.82, 2.24) is 0 Å². The van der Waals surface area contributed by atoms with Gasteiger partial charge < -0.3 is 19.3 Å². The van der Waals surface area contributed by atoms with Crippen molar-refractivity contribution in [2.24, 2.45) is 4.99 Å². The normalized spacial score (nSPS) is 18.9. The third-order valence-corrected chi connectivity index (χ3v) is 5.72. The summed E-state index contributed by atoms with van der Waals surface area (Å²) < 4.78 is 10.3. The molecule has 2 aliphatic rings. The number of aliphatic imine (C=N–C) groups is 1. The van der Waals surface area contributed by atoms with Crippen LogP contribution in [0.1, 0.15) is 23.2 Å². The number of morpholine rings is 1. The molecule has 0 bridgehead atoms. The van der Waals surface area contributed by atoms with E-state index in [4.69, 9.17) is 14.5 Å². The van der Waals surface area contributed by atoms with Crippen LogP contribution in [0.25, 0.3) is 0 Å². The molecule has 2 aromatic rings. The summed E-state index contributed by atoms with van der Waals surface area (Å²) in [6, 6.07) is 10.4. The van der Waals surface area contributed by atoms with E-state index in [2.05, 4.69) is 34.1 Å². The van der Waals surface area contributed by atoms with Crippen LogP contribution in [0, 0.1) is 0 Å². The molecule has 7 heteroatoms. The Morgan fingerprint density at radius 2 is 1.85 bits per heavy atom. The Kier molecular flexibility index (Phi) is 5.40. The minimum absolute atomic E-state index is 0.338. The van der Waals surface area contributed by atoms with Crippen molar-refractivity contribution in [3.8, 4) is 0 Å². The van der Waals surface area contributed by atoms with Crippen LogP contribution in [0.2, 0.25) is 0 Å². The summed E-state index contributed by atoms with van der Waals surface area (Å²) in [7, 11) is 1.40. The molecular weight excluding hydrogens is 362 g/mol. The van der Waals surface area contributed by atoms with Crippen molar-refractivity contribution in [3.05, 3.63) is 41.3 Å². The molecule has 0 saturated carbocycles. The molecule has 2 fully saturated rings. The Morgan fingerprint density at radius 3 is 2.59 bits per heavy atom. The van der Waals surface area contributed by atoms with E-state index in [0.717, 1.165) is 57.2 Å². The minimum Gasteiger partial charge on any atom is -0.465 e. The number of hydrogen-bond acceptors (Lipinski definition) is 6. The Bertz CT molecular complexity index is 825. The number of methoxy groups -OCH3 is 1. The molecule has 4 rings (SSSR count). The Balaban J connectivity index is 1.55.